The van der Waals surface area contributed by atoms with Crippen molar-refractivity contribution >= 4 is 46.2 Å². The van der Waals surface area contributed by atoms with Gasteiger partial charge in [0, 0.05) is 10.7 Å². The lowest BCUT2D eigenvalue weighted by molar-refractivity contribution is -0.120. The molecule has 2 amide bonds. The molecule has 0 radical (unpaired) electrons. The van der Waals surface area contributed by atoms with Crippen LogP contribution in [0.3, 0.4) is 0 Å². The van der Waals surface area contributed by atoms with Gasteiger partial charge in [0.25, 0.3) is 0 Å². The third kappa shape index (κ3) is 4.58. The van der Waals surface area contributed by atoms with Gasteiger partial charge in [0.05, 0.1) is 23.5 Å². The summed E-state index contributed by atoms with van der Waals surface area (Å²) in [6, 6.07) is 18.8. The molecular weight excluding hydrogens is 422 g/mol. The summed E-state index contributed by atoms with van der Waals surface area (Å²) in [5.41, 5.74) is 6.74. The molecule has 6 heteroatoms. The summed E-state index contributed by atoms with van der Waals surface area (Å²) in [6.45, 7) is 5.87. The number of rotatable bonds is 4. The number of nitrogens with zero attached hydrogens (tertiary/aromatic N) is 2. The number of fused-ring (bicyclic) bond motifs is 1. The molecule has 0 saturated heterocycles. The summed E-state index contributed by atoms with van der Waals surface area (Å²) in [6.07, 6.45) is 0.112. The molecule has 0 atom stereocenters. The first-order chi connectivity index (χ1) is 15.3. The number of para-hydroxylation sites is 2. The Morgan fingerprint density at radius 3 is 2.53 bits per heavy atom. The van der Waals surface area contributed by atoms with Crippen molar-refractivity contribution < 1.29 is 9.59 Å². The van der Waals surface area contributed by atoms with Gasteiger partial charge < -0.3 is 10.2 Å². The van der Waals surface area contributed by atoms with Crippen LogP contribution in [0.2, 0.25) is 5.02 Å². The number of amides is 2. The average molecular weight is 446 g/mol. The number of halogens is 1. The van der Waals surface area contributed by atoms with Crippen LogP contribution in [0.4, 0.5) is 17.1 Å². The number of hydrogen-bond donors (Lipinski definition) is 1. The molecule has 1 heterocycles. The van der Waals surface area contributed by atoms with Gasteiger partial charge in [0.1, 0.15) is 6.54 Å². The van der Waals surface area contributed by atoms with Gasteiger partial charge >= 0.3 is 0 Å². The fourth-order valence-electron chi connectivity index (χ4n) is 3.67. The van der Waals surface area contributed by atoms with E-state index in [9.17, 15) is 9.59 Å². The van der Waals surface area contributed by atoms with Gasteiger partial charge in [-0.2, -0.15) is 0 Å². The maximum atomic E-state index is 13.3. The zero-order valence-corrected chi connectivity index (χ0v) is 19.0. The predicted octanol–water partition coefficient (Wildman–Crippen LogP) is 5.76. The second-order valence-electron chi connectivity index (χ2n) is 8.01. The molecule has 0 saturated carbocycles. The molecule has 0 aromatic heterocycles. The fraction of sp³-hybridized carbons (Fsp3) is 0.192. The molecule has 5 nitrogen and oxygen atoms in total. The van der Waals surface area contributed by atoms with E-state index in [0.29, 0.717) is 27.8 Å². The summed E-state index contributed by atoms with van der Waals surface area (Å²) in [5.74, 6) is -0.474. The van der Waals surface area contributed by atoms with Crippen molar-refractivity contribution in [3.8, 4) is 0 Å². The highest BCUT2D eigenvalue weighted by Gasteiger charge is 2.27. The molecule has 0 aliphatic carbocycles. The zero-order valence-electron chi connectivity index (χ0n) is 18.3. The Morgan fingerprint density at radius 2 is 1.75 bits per heavy atom. The molecule has 0 fully saturated rings. The van der Waals surface area contributed by atoms with Crippen LogP contribution in [0, 0.1) is 20.8 Å². The molecule has 0 spiro atoms. The monoisotopic (exact) mass is 445 g/mol. The van der Waals surface area contributed by atoms with Crippen molar-refractivity contribution in [2.24, 2.45) is 4.99 Å². The van der Waals surface area contributed by atoms with Crippen molar-refractivity contribution in [2.75, 3.05) is 16.8 Å². The smallest absolute Gasteiger partial charge is 0.244 e. The molecule has 0 unspecified atom stereocenters. The number of nitrogens with one attached hydrogen (secondary N) is 1. The van der Waals surface area contributed by atoms with Crippen molar-refractivity contribution in [2.45, 2.75) is 27.2 Å². The quantitative estimate of drug-likeness (QED) is 0.554. The van der Waals surface area contributed by atoms with Crippen LogP contribution in [-0.4, -0.2) is 24.1 Å². The lowest BCUT2D eigenvalue weighted by Gasteiger charge is -2.22. The largest absolute Gasteiger partial charge is 0.324 e. The van der Waals surface area contributed by atoms with E-state index in [1.54, 1.807) is 12.1 Å². The maximum Gasteiger partial charge on any atom is 0.244 e. The van der Waals surface area contributed by atoms with E-state index in [4.69, 9.17) is 16.6 Å². The first-order valence-corrected chi connectivity index (χ1v) is 10.8. The highest BCUT2D eigenvalue weighted by atomic mass is 35.5. The third-order valence-electron chi connectivity index (χ3n) is 5.66. The molecule has 1 N–H and O–H groups in total. The zero-order chi connectivity index (χ0) is 22.8. The van der Waals surface area contributed by atoms with E-state index in [1.807, 2.05) is 62.4 Å². The number of carbonyl (C=O) groups excluding carboxylic acids is 2. The molecule has 32 heavy (non-hydrogen) atoms. The van der Waals surface area contributed by atoms with Gasteiger partial charge in [-0.05, 0) is 73.4 Å². The molecule has 4 rings (SSSR count). The highest BCUT2D eigenvalue weighted by Crippen LogP contribution is 2.33. The lowest BCUT2D eigenvalue weighted by Crippen LogP contribution is -2.38. The van der Waals surface area contributed by atoms with Crippen LogP contribution in [0.1, 0.15) is 28.7 Å². The summed E-state index contributed by atoms with van der Waals surface area (Å²) in [7, 11) is 0. The van der Waals surface area contributed by atoms with Gasteiger partial charge in [-0.1, -0.05) is 41.9 Å². The number of aryl methyl sites for hydroxylation is 3. The molecule has 3 aromatic carbocycles. The lowest BCUT2D eigenvalue weighted by atomic mass is 10.0. The number of aliphatic imine (C=N–C) groups is 1. The fourth-order valence-corrected chi connectivity index (χ4v) is 3.84. The third-order valence-corrected chi connectivity index (χ3v) is 5.90. The number of carbonyl (C=O) groups is 2. The van der Waals surface area contributed by atoms with Gasteiger partial charge in [0.15, 0.2) is 0 Å². The molecular formula is C26H24ClN3O2. The van der Waals surface area contributed by atoms with E-state index < -0.39 is 0 Å². The number of benzene rings is 3. The van der Waals surface area contributed by atoms with E-state index in [2.05, 4.69) is 12.2 Å². The number of hydrogen-bond acceptors (Lipinski definition) is 3. The van der Waals surface area contributed by atoms with Crippen LogP contribution >= 0.6 is 11.6 Å². The summed E-state index contributed by atoms with van der Waals surface area (Å²) in [5, 5.41) is 3.41. The first-order valence-electron chi connectivity index (χ1n) is 10.4. The van der Waals surface area contributed by atoms with Crippen molar-refractivity contribution in [1.82, 2.24) is 0 Å². The molecule has 1 aliphatic rings. The minimum absolute atomic E-state index is 0.112. The van der Waals surface area contributed by atoms with Crippen molar-refractivity contribution in [1.29, 1.82) is 0 Å². The Hall–Kier alpha value is -3.44. The van der Waals surface area contributed by atoms with E-state index in [1.165, 1.54) is 10.5 Å². The Balaban J connectivity index is 1.63. The van der Waals surface area contributed by atoms with Crippen LogP contribution < -0.4 is 10.2 Å². The molecule has 3 aromatic rings. The number of anilines is 2. The minimum atomic E-state index is -0.298. The average Bonchev–Trinajstić information content (AvgIpc) is 2.89. The summed E-state index contributed by atoms with van der Waals surface area (Å²) < 4.78 is 0. The van der Waals surface area contributed by atoms with E-state index in [-0.39, 0.29) is 24.8 Å². The Kier molecular flexibility index (Phi) is 6.10. The standard InChI is InChI=1S/C26H24ClN3O2/c1-16-8-10-19(12-18(16)3)23-14-26(32)30(24-7-5-4-6-21(24)28-23)15-25(31)29-22-13-20(27)11-9-17(22)2/h4-13H,14-15H2,1-3H3,(H,29,31). The van der Waals surface area contributed by atoms with Gasteiger partial charge in [0.2, 0.25) is 11.8 Å². The Morgan fingerprint density at radius 1 is 1.00 bits per heavy atom. The minimum Gasteiger partial charge on any atom is -0.324 e. The SMILES string of the molecule is Cc1ccc(C2=Nc3ccccc3N(CC(=O)Nc3cc(Cl)ccc3C)C(=O)C2)cc1C. The van der Waals surface area contributed by atoms with Crippen LogP contribution in [-0.2, 0) is 9.59 Å². The normalized spacial score (nSPS) is 13.3. The van der Waals surface area contributed by atoms with E-state index >= 15 is 0 Å². The molecule has 1 aliphatic heterocycles. The first kappa shape index (κ1) is 21.8. The topological polar surface area (TPSA) is 61.8 Å². The highest BCUT2D eigenvalue weighted by molar-refractivity contribution is 6.31. The van der Waals surface area contributed by atoms with Crippen molar-refractivity contribution in [3.05, 3.63) is 87.9 Å². The van der Waals surface area contributed by atoms with Crippen LogP contribution in [0.25, 0.3) is 0 Å². The van der Waals surface area contributed by atoms with Gasteiger partial charge in [-0.3, -0.25) is 14.6 Å². The maximum absolute atomic E-state index is 13.3. The van der Waals surface area contributed by atoms with E-state index in [0.717, 1.165) is 16.7 Å². The second kappa shape index (κ2) is 8.97. The van der Waals surface area contributed by atoms with Crippen LogP contribution in [0.15, 0.2) is 65.7 Å². The Bertz CT molecular complexity index is 1250. The Labute approximate surface area is 192 Å². The molecule has 162 valence electrons. The summed E-state index contributed by atoms with van der Waals surface area (Å²) in [4.78, 5) is 32.4. The summed E-state index contributed by atoms with van der Waals surface area (Å²) >= 11 is 6.07. The molecule has 0 bridgehead atoms. The van der Waals surface area contributed by atoms with Crippen molar-refractivity contribution in [3.63, 3.8) is 0 Å². The van der Waals surface area contributed by atoms with Gasteiger partial charge in [-0.15, -0.1) is 0 Å². The van der Waals surface area contributed by atoms with Crippen LogP contribution in [0.5, 0.6) is 0 Å². The second-order valence-corrected chi connectivity index (χ2v) is 8.45. The van der Waals surface area contributed by atoms with Gasteiger partial charge in [-0.25, -0.2) is 0 Å². The predicted molar refractivity (Wildman–Crippen MR) is 130 cm³/mol.